The van der Waals surface area contributed by atoms with E-state index < -0.39 is 0 Å². The highest BCUT2D eigenvalue weighted by molar-refractivity contribution is 9.10. The molecule has 2 aliphatic heterocycles. The Morgan fingerprint density at radius 1 is 0.662 bits per heavy atom. The number of aromatic nitrogens is 8. The van der Waals surface area contributed by atoms with Gasteiger partial charge in [0.25, 0.3) is 0 Å². The fourth-order valence-electron chi connectivity index (χ4n) is 7.99. The van der Waals surface area contributed by atoms with Crippen LogP contribution in [0, 0.1) is 0 Å². The summed E-state index contributed by atoms with van der Waals surface area (Å²) in [4.78, 5) is 45.5. The van der Waals surface area contributed by atoms with Gasteiger partial charge in [-0.2, -0.15) is 10.2 Å². The Labute approximate surface area is 384 Å². The van der Waals surface area contributed by atoms with Crippen LogP contribution in [-0.4, -0.2) is 90.5 Å². The molecule has 332 valence electrons. The Hall–Kier alpha value is -7.40. The smallest absolute Gasteiger partial charge is 0.337 e. The first kappa shape index (κ1) is 44.2. The number of halogens is 1. The van der Waals surface area contributed by atoms with Crippen molar-refractivity contribution in [3.8, 4) is 22.3 Å². The third-order valence-electron chi connectivity index (χ3n) is 11.4. The van der Waals surface area contributed by atoms with Gasteiger partial charge in [0.2, 0.25) is 0 Å². The number of rotatable bonds is 8. The summed E-state index contributed by atoms with van der Waals surface area (Å²) < 4.78 is 13.8. The maximum Gasteiger partial charge on any atom is 0.337 e. The first-order valence-corrected chi connectivity index (χ1v) is 22.1. The van der Waals surface area contributed by atoms with Crippen molar-refractivity contribution in [3.05, 3.63) is 138 Å². The molecule has 16 nitrogen and oxygen atoms in total. The Kier molecular flexibility index (Phi) is 13.6. The molecule has 0 amide bonds. The number of hydrogen-bond donors (Lipinski definition) is 2. The third kappa shape index (κ3) is 10.2. The zero-order valence-corrected chi connectivity index (χ0v) is 38.1. The minimum Gasteiger partial charge on any atom is -0.465 e. The van der Waals surface area contributed by atoms with Crippen LogP contribution in [0.2, 0.25) is 0 Å². The van der Waals surface area contributed by atoms with E-state index in [0.29, 0.717) is 34.7 Å². The third-order valence-corrected chi connectivity index (χ3v) is 12.0. The standard InChI is InChI=1S/C24H24N6O2.C14H10BrN3O2.C10H15N3/c1-16-5-4-12-29(16)22-7-3-6-21(28-22)27-20-13-19(14-30-23(20)25-15-26-30)17-8-10-18(11-9-17)24(31)32-2;1-20-14(19)10-4-2-9(3-5-10)11-6-12(15)13-16-8-17-18(13)7-11;1-8-4-3-7-13(8)10-6-2-5-9(11)12-10/h3,6-11,13-16H,4-5,12H2,1-2H3,(H,27,28);2-8H,1H3;2,5-6,8H,3-4,7H2,1H3,(H2,11,12). The highest BCUT2D eigenvalue weighted by Gasteiger charge is 2.23. The van der Waals surface area contributed by atoms with Gasteiger partial charge in [-0.15, -0.1) is 0 Å². The van der Waals surface area contributed by atoms with Crippen molar-refractivity contribution in [2.45, 2.75) is 51.6 Å². The van der Waals surface area contributed by atoms with Crippen LogP contribution < -0.4 is 20.9 Å². The maximum atomic E-state index is 11.7. The number of anilines is 5. The first-order valence-electron chi connectivity index (χ1n) is 21.3. The highest BCUT2D eigenvalue weighted by atomic mass is 79.9. The molecule has 0 saturated carbocycles. The van der Waals surface area contributed by atoms with Gasteiger partial charge in [0.1, 0.15) is 35.9 Å². The molecule has 6 aromatic heterocycles. The number of nitrogens with zero attached hydrogens (tertiary/aromatic N) is 10. The lowest BCUT2D eigenvalue weighted by atomic mass is 10.1. The predicted molar refractivity (Wildman–Crippen MR) is 255 cm³/mol. The van der Waals surface area contributed by atoms with Gasteiger partial charge in [0.15, 0.2) is 11.3 Å². The zero-order valence-electron chi connectivity index (χ0n) is 36.5. The van der Waals surface area contributed by atoms with Crippen LogP contribution in [0.15, 0.2) is 127 Å². The number of pyridine rings is 4. The van der Waals surface area contributed by atoms with E-state index in [0.717, 1.165) is 68.6 Å². The molecule has 0 radical (unpaired) electrons. The summed E-state index contributed by atoms with van der Waals surface area (Å²) >= 11 is 3.48. The van der Waals surface area contributed by atoms with Crippen molar-refractivity contribution in [2.24, 2.45) is 0 Å². The van der Waals surface area contributed by atoms with Gasteiger partial charge < -0.3 is 30.3 Å². The Morgan fingerprint density at radius 2 is 1.17 bits per heavy atom. The highest BCUT2D eigenvalue weighted by Crippen LogP contribution is 2.31. The minimum absolute atomic E-state index is 0.343. The van der Waals surface area contributed by atoms with Crippen LogP contribution >= 0.6 is 15.9 Å². The second-order valence-electron chi connectivity index (χ2n) is 15.7. The van der Waals surface area contributed by atoms with Gasteiger partial charge in [-0.3, -0.25) is 0 Å². The molecule has 65 heavy (non-hydrogen) atoms. The lowest BCUT2D eigenvalue weighted by molar-refractivity contribution is 0.0592. The van der Waals surface area contributed by atoms with Crippen LogP contribution in [0.1, 0.15) is 60.2 Å². The van der Waals surface area contributed by atoms with Gasteiger partial charge in [-0.1, -0.05) is 36.4 Å². The van der Waals surface area contributed by atoms with Gasteiger partial charge in [-0.25, -0.2) is 38.6 Å². The maximum absolute atomic E-state index is 11.7. The number of esters is 2. The average molecular weight is 938 g/mol. The summed E-state index contributed by atoms with van der Waals surface area (Å²) in [6.45, 7) is 6.61. The summed E-state index contributed by atoms with van der Waals surface area (Å²) in [6.07, 6.45) is 11.7. The number of nitrogen functional groups attached to an aromatic ring is 1. The normalized spacial score (nSPS) is 15.5. The summed E-state index contributed by atoms with van der Waals surface area (Å²) in [5.74, 6) is 2.66. The number of methoxy groups -OCH3 is 2. The minimum atomic E-state index is -0.357. The number of carbonyl (C=O) groups excluding carboxylic acids is 2. The Morgan fingerprint density at radius 3 is 1.69 bits per heavy atom. The summed E-state index contributed by atoms with van der Waals surface area (Å²) in [7, 11) is 2.74. The lowest BCUT2D eigenvalue weighted by Crippen LogP contribution is -2.27. The van der Waals surface area contributed by atoms with E-state index in [1.165, 1.54) is 52.6 Å². The SMILES string of the molecule is CC1CCCN1c1cccc(N)n1.COC(=O)c1ccc(-c2cc(Br)c3ncnn3c2)cc1.COC(=O)c1ccc(-c2cc(Nc3cccc(N4CCCC4C)n3)c3ncnn3c2)cc1. The van der Waals surface area contributed by atoms with Crippen molar-refractivity contribution in [3.63, 3.8) is 0 Å². The number of ether oxygens (including phenoxy) is 2. The van der Waals surface area contributed by atoms with E-state index in [4.69, 9.17) is 15.5 Å². The zero-order chi connectivity index (χ0) is 45.5. The van der Waals surface area contributed by atoms with Gasteiger partial charge in [0.05, 0.1) is 35.5 Å². The van der Waals surface area contributed by atoms with E-state index >= 15 is 0 Å². The molecule has 0 aliphatic carbocycles. The van der Waals surface area contributed by atoms with Gasteiger partial charge in [0, 0.05) is 48.7 Å². The topological polar surface area (TPSA) is 183 Å². The van der Waals surface area contributed by atoms with Crippen molar-refractivity contribution in [1.82, 2.24) is 39.2 Å². The van der Waals surface area contributed by atoms with E-state index in [9.17, 15) is 9.59 Å². The van der Waals surface area contributed by atoms with E-state index in [2.05, 4.69) is 80.8 Å². The number of carbonyl (C=O) groups is 2. The molecule has 8 aromatic rings. The Bertz CT molecular complexity index is 2920. The summed E-state index contributed by atoms with van der Waals surface area (Å²) in [6, 6.07) is 31.4. The first-order chi connectivity index (χ1) is 31.6. The van der Waals surface area contributed by atoms with Crippen LogP contribution in [0.4, 0.5) is 29.0 Å². The fourth-order valence-corrected chi connectivity index (χ4v) is 8.52. The molecule has 10 rings (SSSR count). The summed E-state index contributed by atoms with van der Waals surface area (Å²) in [5, 5.41) is 11.9. The molecule has 0 spiro atoms. The molecule has 8 heterocycles. The van der Waals surface area contributed by atoms with Crippen molar-refractivity contribution < 1.29 is 19.1 Å². The van der Waals surface area contributed by atoms with Crippen molar-refractivity contribution in [1.29, 1.82) is 0 Å². The second-order valence-corrected chi connectivity index (χ2v) is 16.6. The number of nitrogens with two attached hydrogens (primary N) is 1. The van der Waals surface area contributed by atoms with Crippen molar-refractivity contribution in [2.75, 3.05) is 48.2 Å². The molecule has 2 unspecified atom stereocenters. The molecule has 2 atom stereocenters. The monoisotopic (exact) mass is 936 g/mol. The average Bonchev–Trinajstić information content (AvgIpc) is 4.18. The summed E-state index contributed by atoms with van der Waals surface area (Å²) in [5.41, 5.74) is 12.8. The van der Waals surface area contributed by atoms with E-state index in [-0.39, 0.29) is 11.9 Å². The predicted octanol–water partition coefficient (Wildman–Crippen LogP) is 8.91. The van der Waals surface area contributed by atoms with E-state index in [1.54, 1.807) is 33.3 Å². The number of nitrogens with one attached hydrogen (secondary N) is 1. The second kappa shape index (κ2) is 20.0. The molecular formula is C48H49BrN12O4. The fraction of sp³-hybridized carbons (Fsp3) is 0.250. The van der Waals surface area contributed by atoms with Crippen LogP contribution in [0.25, 0.3) is 33.5 Å². The van der Waals surface area contributed by atoms with Crippen LogP contribution in [0.5, 0.6) is 0 Å². The van der Waals surface area contributed by atoms with Crippen molar-refractivity contribution >= 4 is 68.1 Å². The largest absolute Gasteiger partial charge is 0.465 e. The molecule has 0 bridgehead atoms. The molecule has 3 N–H and O–H groups in total. The van der Waals surface area contributed by atoms with Crippen LogP contribution in [0.3, 0.4) is 0 Å². The molecular weight excluding hydrogens is 889 g/mol. The Balaban J connectivity index is 0.000000148. The molecule has 2 aliphatic rings. The molecule has 17 heteroatoms. The van der Waals surface area contributed by atoms with Gasteiger partial charge >= 0.3 is 11.9 Å². The van der Waals surface area contributed by atoms with Crippen LogP contribution in [-0.2, 0) is 9.47 Å². The lowest BCUT2D eigenvalue weighted by Gasteiger charge is -2.23. The van der Waals surface area contributed by atoms with Gasteiger partial charge in [-0.05, 0) is 127 Å². The molecule has 2 fully saturated rings. The van der Waals surface area contributed by atoms with E-state index in [1.807, 2.05) is 79.1 Å². The number of benzene rings is 2. The quantitative estimate of drug-likeness (QED) is 0.138. The number of hydrogen-bond acceptors (Lipinski definition) is 14. The molecule has 2 aromatic carbocycles. The molecule has 2 saturated heterocycles. The number of fused-ring (bicyclic) bond motifs is 2.